The molecule has 0 bridgehead atoms. The summed E-state index contributed by atoms with van der Waals surface area (Å²) in [6.07, 6.45) is 1.64. The maximum absolute atomic E-state index is 12.0. The molecule has 0 radical (unpaired) electrons. The van der Waals surface area contributed by atoms with Gasteiger partial charge in [0.2, 0.25) is 0 Å². The number of hydrogen-bond acceptors (Lipinski definition) is 3. The Morgan fingerprint density at radius 2 is 2.05 bits per heavy atom. The lowest BCUT2D eigenvalue weighted by atomic mass is 10.1. The Hall–Kier alpha value is -2.33. The maximum Gasteiger partial charge on any atom is 0.253 e. The minimum Gasteiger partial charge on any atom is -0.380 e. The van der Waals surface area contributed by atoms with Gasteiger partial charge in [0.05, 0.1) is 11.9 Å². The van der Waals surface area contributed by atoms with Crippen LogP contribution in [0.15, 0.2) is 53.5 Å². The van der Waals surface area contributed by atoms with Crippen LogP contribution in [0.4, 0.5) is 5.69 Å². The molecule has 0 saturated heterocycles. The van der Waals surface area contributed by atoms with Crippen LogP contribution in [0.2, 0.25) is 5.15 Å². The van der Waals surface area contributed by atoms with Crippen molar-refractivity contribution in [1.82, 2.24) is 9.97 Å². The van der Waals surface area contributed by atoms with E-state index in [2.05, 4.69) is 15.3 Å². The lowest BCUT2D eigenvalue weighted by molar-refractivity contribution is 1.08. The quantitative estimate of drug-likeness (QED) is 0.727. The molecule has 2 heterocycles. The number of nitrogens with one attached hydrogen (secondary N) is 2. The van der Waals surface area contributed by atoms with Gasteiger partial charge in [-0.15, -0.1) is 0 Å². The number of rotatable bonds is 3. The predicted octanol–water partition coefficient (Wildman–Crippen LogP) is 3.19. The Labute approximate surface area is 120 Å². The fourth-order valence-corrected chi connectivity index (χ4v) is 2.11. The predicted molar refractivity (Wildman–Crippen MR) is 81.1 cm³/mol. The third kappa shape index (κ3) is 2.65. The van der Waals surface area contributed by atoms with Crippen molar-refractivity contribution in [2.24, 2.45) is 0 Å². The number of benzene rings is 1. The molecular formula is C15H12ClN3O. The summed E-state index contributed by atoms with van der Waals surface area (Å²) in [5.41, 5.74) is 2.26. The Morgan fingerprint density at radius 3 is 2.85 bits per heavy atom. The first-order chi connectivity index (χ1) is 9.72. The Bertz CT molecular complexity index is 796. The number of nitrogens with zero attached hydrogens (tertiary/aromatic N) is 1. The van der Waals surface area contributed by atoms with E-state index in [0.29, 0.717) is 17.3 Å². The molecule has 100 valence electrons. The fraction of sp³-hybridized carbons (Fsp3) is 0.0667. The van der Waals surface area contributed by atoms with Gasteiger partial charge in [-0.2, -0.15) is 0 Å². The van der Waals surface area contributed by atoms with Crippen molar-refractivity contribution >= 4 is 28.2 Å². The van der Waals surface area contributed by atoms with Crippen molar-refractivity contribution in [3.05, 3.63) is 69.7 Å². The molecule has 4 nitrogen and oxygen atoms in total. The molecule has 0 atom stereocenters. The lowest BCUT2D eigenvalue weighted by Crippen LogP contribution is -2.15. The molecule has 0 fully saturated rings. The van der Waals surface area contributed by atoms with Crippen LogP contribution in [-0.4, -0.2) is 9.97 Å². The number of hydrogen-bond donors (Lipinski definition) is 2. The molecule has 3 rings (SSSR count). The normalized spacial score (nSPS) is 10.7. The van der Waals surface area contributed by atoms with Gasteiger partial charge in [-0.05, 0) is 29.7 Å². The lowest BCUT2D eigenvalue weighted by Gasteiger charge is -2.06. The minimum absolute atomic E-state index is 0.0851. The topological polar surface area (TPSA) is 57.8 Å². The van der Waals surface area contributed by atoms with Crippen LogP contribution in [0.25, 0.3) is 10.9 Å². The third-order valence-electron chi connectivity index (χ3n) is 3.04. The zero-order chi connectivity index (χ0) is 13.9. The average molecular weight is 286 g/mol. The molecule has 2 N–H and O–H groups in total. The molecule has 0 aliphatic heterocycles. The molecule has 0 amide bonds. The minimum atomic E-state index is -0.0851. The Kier molecular flexibility index (Phi) is 3.39. The monoisotopic (exact) mass is 285 g/mol. The van der Waals surface area contributed by atoms with E-state index in [9.17, 15) is 4.79 Å². The van der Waals surface area contributed by atoms with Gasteiger partial charge in [0.15, 0.2) is 0 Å². The van der Waals surface area contributed by atoms with Gasteiger partial charge in [0.1, 0.15) is 5.15 Å². The highest BCUT2D eigenvalue weighted by molar-refractivity contribution is 6.29. The van der Waals surface area contributed by atoms with E-state index in [1.54, 1.807) is 12.3 Å². The number of fused-ring (bicyclic) bond motifs is 1. The summed E-state index contributed by atoms with van der Waals surface area (Å²) in [6.45, 7) is 0.434. The van der Waals surface area contributed by atoms with Crippen molar-refractivity contribution < 1.29 is 0 Å². The number of pyridine rings is 2. The molecule has 0 unspecified atom stereocenters. The number of aromatic nitrogens is 2. The standard InChI is InChI=1S/C15H12ClN3O/c16-14-6-5-12(9-18-14)17-8-11-7-10-3-1-2-4-13(10)19-15(11)20/h1-7,9,17H,8H2,(H,19,20). The first-order valence-corrected chi connectivity index (χ1v) is 6.56. The SMILES string of the molecule is O=c1[nH]c2ccccc2cc1CNc1ccc(Cl)nc1. The zero-order valence-electron chi connectivity index (χ0n) is 10.6. The second kappa shape index (κ2) is 5.35. The van der Waals surface area contributed by atoms with Crippen molar-refractivity contribution in [1.29, 1.82) is 0 Å². The molecule has 20 heavy (non-hydrogen) atoms. The first kappa shape index (κ1) is 12.7. The Balaban J connectivity index is 1.85. The molecule has 3 aromatic rings. The van der Waals surface area contributed by atoms with Crippen molar-refractivity contribution in [2.75, 3.05) is 5.32 Å². The zero-order valence-corrected chi connectivity index (χ0v) is 11.3. The Morgan fingerprint density at radius 1 is 1.20 bits per heavy atom. The molecular weight excluding hydrogens is 274 g/mol. The fourth-order valence-electron chi connectivity index (χ4n) is 2.00. The van der Waals surface area contributed by atoms with Gasteiger partial charge in [-0.25, -0.2) is 4.98 Å². The van der Waals surface area contributed by atoms with Gasteiger partial charge in [0.25, 0.3) is 5.56 Å². The van der Waals surface area contributed by atoms with Crippen LogP contribution in [0.1, 0.15) is 5.56 Å². The number of H-pyrrole nitrogens is 1. The van der Waals surface area contributed by atoms with Crippen LogP contribution in [0, 0.1) is 0 Å². The average Bonchev–Trinajstić information content (AvgIpc) is 2.47. The summed E-state index contributed by atoms with van der Waals surface area (Å²) in [4.78, 5) is 18.8. The summed E-state index contributed by atoms with van der Waals surface area (Å²) < 4.78 is 0. The molecule has 0 aliphatic carbocycles. The van der Waals surface area contributed by atoms with E-state index in [-0.39, 0.29) is 5.56 Å². The second-order valence-corrected chi connectivity index (χ2v) is 4.82. The summed E-state index contributed by atoms with van der Waals surface area (Å²) >= 11 is 5.73. The number of halogens is 1. The maximum atomic E-state index is 12.0. The van der Waals surface area contributed by atoms with Crippen LogP contribution < -0.4 is 10.9 Å². The van der Waals surface area contributed by atoms with Gasteiger partial charge < -0.3 is 10.3 Å². The first-order valence-electron chi connectivity index (χ1n) is 6.19. The third-order valence-corrected chi connectivity index (χ3v) is 3.26. The highest BCUT2D eigenvalue weighted by Gasteiger charge is 2.02. The highest BCUT2D eigenvalue weighted by atomic mass is 35.5. The number of anilines is 1. The van der Waals surface area contributed by atoms with Gasteiger partial charge in [-0.3, -0.25) is 4.79 Å². The molecule has 1 aromatic carbocycles. The summed E-state index contributed by atoms with van der Waals surface area (Å²) in [5, 5.41) is 4.61. The van der Waals surface area contributed by atoms with Crippen LogP contribution >= 0.6 is 11.6 Å². The van der Waals surface area contributed by atoms with Crippen LogP contribution in [0.5, 0.6) is 0 Å². The molecule has 5 heteroatoms. The smallest absolute Gasteiger partial charge is 0.253 e. The van der Waals surface area contributed by atoms with E-state index in [0.717, 1.165) is 16.6 Å². The van der Waals surface area contributed by atoms with Crippen LogP contribution in [-0.2, 0) is 6.54 Å². The molecule has 0 saturated carbocycles. The van der Waals surface area contributed by atoms with E-state index < -0.39 is 0 Å². The van der Waals surface area contributed by atoms with Gasteiger partial charge in [0, 0.05) is 17.6 Å². The van der Waals surface area contributed by atoms with Crippen molar-refractivity contribution in [2.45, 2.75) is 6.54 Å². The number of para-hydroxylation sites is 1. The molecule has 0 spiro atoms. The van der Waals surface area contributed by atoms with E-state index in [1.807, 2.05) is 36.4 Å². The second-order valence-electron chi connectivity index (χ2n) is 4.43. The summed E-state index contributed by atoms with van der Waals surface area (Å²) in [6, 6.07) is 13.1. The van der Waals surface area contributed by atoms with Gasteiger partial charge in [-0.1, -0.05) is 29.8 Å². The number of aromatic amines is 1. The summed E-state index contributed by atoms with van der Waals surface area (Å²) in [7, 11) is 0. The van der Waals surface area contributed by atoms with Crippen molar-refractivity contribution in [3.8, 4) is 0 Å². The molecule has 2 aromatic heterocycles. The van der Waals surface area contributed by atoms with E-state index in [1.165, 1.54) is 0 Å². The molecule has 0 aliphatic rings. The van der Waals surface area contributed by atoms with E-state index >= 15 is 0 Å². The van der Waals surface area contributed by atoms with Gasteiger partial charge >= 0.3 is 0 Å². The van der Waals surface area contributed by atoms with E-state index in [4.69, 9.17) is 11.6 Å². The van der Waals surface area contributed by atoms with Crippen molar-refractivity contribution in [3.63, 3.8) is 0 Å². The summed E-state index contributed by atoms with van der Waals surface area (Å²) in [5.74, 6) is 0. The largest absolute Gasteiger partial charge is 0.380 e. The highest BCUT2D eigenvalue weighted by Crippen LogP contribution is 2.13. The van der Waals surface area contributed by atoms with Crippen LogP contribution in [0.3, 0.4) is 0 Å².